The number of hydrogen-bond donors (Lipinski definition) is 1. The van der Waals surface area contributed by atoms with E-state index < -0.39 is 0 Å². The lowest BCUT2D eigenvalue weighted by Gasteiger charge is -2.28. The molecule has 3 nitrogen and oxygen atoms in total. The zero-order valence-electron chi connectivity index (χ0n) is 12.7. The number of aryl methyl sites for hydroxylation is 2. The average molecular weight is 274 g/mol. The number of hydrogen-bond acceptors (Lipinski definition) is 2. The Morgan fingerprint density at radius 3 is 3.05 bits per heavy atom. The van der Waals surface area contributed by atoms with Crippen LogP contribution in [0.5, 0.6) is 0 Å². The molecule has 1 aliphatic rings. The van der Waals surface area contributed by atoms with Crippen molar-refractivity contribution < 1.29 is 4.79 Å². The smallest absolute Gasteiger partial charge is 0.224 e. The van der Waals surface area contributed by atoms with Crippen LogP contribution in [-0.4, -0.2) is 37.5 Å². The van der Waals surface area contributed by atoms with Crippen molar-refractivity contribution in [1.29, 1.82) is 0 Å². The van der Waals surface area contributed by atoms with Crippen LogP contribution < -0.4 is 5.32 Å². The second kappa shape index (κ2) is 7.44. The number of nitrogens with zero attached hydrogens (tertiary/aromatic N) is 1. The minimum Gasteiger partial charge on any atom is -0.356 e. The van der Waals surface area contributed by atoms with Crippen molar-refractivity contribution in [2.45, 2.75) is 32.6 Å². The topological polar surface area (TPSA) is 32.3 Å². The molecule has 1 fully saturated rings. The molecule has 0 unspecified atom stereocenters. The molecule has 0 saturated carbocycles. The largest absolute Gasteiger partial charge is 0.356 e. The summed E-state index contributed by atoms with van der Waals surface area (Å²) in [5, 5.41) is 3.09. The summed E-state index contributed by atoms with van der Waals surface area (Å²) in [6, 6.07) is 8.59. The molecule has 0 aliphatic carbocycles. The molecule has 1 amide bonds. The highest BCUT2D eigenvalue weighted by Crippen LogP contribution is 2.15. The van der Waals surface area contributed by atoms with Crippen LogP contribution in [0.2, 0.25) is 0 Å². The number of benzene rings is 1. The van der Waals surface area contributed by atoms with E-state index in [0.29, 0.717) is 0 Å². The Morgan fingerprint density at radius 2 is 2.30 bits per heavy atom. The van der Waals surface area contributed by atoms with Crippen molar-refractivity contribution >= 4 is 5.91 Å². The van der Waals surface area contributed by atoms with Gasteiger partial charge in [-0.05, 0) is 51.8 Å². The highest BCUT2D eigenvalue weighted by Gasteiger charge is 2.23. The van der Waals surface area contributed by atoms with E-state index in [2.05, 4.69) is 48.5 Å². The van der Waals surface area contributed by atoms with Gasteiger partial charge in [0.05, 0.1) is 5.92 Å². The molecule has 1 N–H and O–H groups in total. The van der Waals surface area contributed by atoms with E-state index in [0.717, 1.165) is 45.3 Å². The van der Waals surface area contributed by atoms with Gasteiger partial charge in [0.15, 0.2) is 0 Å². The molecule has 2 rings (SSSR count). The maximum atomic E-state index is 12.1. The summed E-state index contributed by atoms with van der Waals surface area (Å²) in [6.45, 7) is 4.93. The molecule has 1 aromatic carbocycles. The Bertz CT molecular complexity index is 444. The first-order valence-corrected chi connectivity index (χ1v) is 7.67. The summed E-state index contributed by atoms with van der Waals surface area (Å²) < 4.78 is 0. The fourth-order valence-electron chi connectivity index (χ4n) is 2.90. The first-order valence-electron chi connectivity index (χ1n) is 7.67. The predicted molar refractivity (Wildman–Crippen MR) is 82.7 cm³/mol. The molecular weight excluding hydrogens is 248 g/mol. The lowest BCUT2D eigenvalue weighted by atomic mass is 9.97. The minimum absolute atomic E-state index is 0.188. The molecule has 110 valence electrons. The third-order valence-electron chi connectivity index (χ3n) is 4.02. The Labute approximate surface area is 122 Å². The third-order valence-corrected chi connectivity index (χ3v) is 4.02. The van der Waals surface area contributed by atoms with Crippen LogP contribution in [0.4, 0.5) is 0 Å². The van der Waals surface area contributed by atoms with Crippen molar-refractivity contribution in [2.24, 2.45) is 5.92 Å². The van der Waals surface area contributed by atoms with E-state index in [9.17, 15) is 4.79 Å². The molecular formula is C17H26N2O. The van der Waals surface area contributed by atoms with Crippen LogP contribution in [0.25, 0.3) is 0 Å². The second-order valence-electron chi connectivity index (χ2n) is 5.99. The molecule has 0 aromatic heterocycles. The summed E-state index contributed by atoms with van der Waals surface area (Å²) in [5.41, 5.74) is 2.66. The Morgan fingerprint density at radius 1 is 1.45 bits per heavy atom. The summed E-state index contributed by atoms with van der Waals surface area (Å²) in [7, 11) is 2.09. The van der Waals surface area contributed by atoms with Gasteiger partial charge in [-0.2, -0.15) is 0 Å². The van der Waals surface area contributed by atoms with E-state index in [1.807, 2.05) is 0 Å². The number of piperidine rings is 1. The minimum atomic E-state index is 0.188. The third kappa shape index (κ3) is 4.64. The van der Waals surface area contributed by atoms with Crippen molar-refractivity contribution in [3.8, 4) is 0 Å². The van der Waals surface area contributed by atoms with E-state index in [4.69, 9.17) is 0 Å². The van der Waals surface area contributed by atoms with Crippen LogP contribution in [0.1, 0.15) is 30.4 Å². The summed E-state index contributed by atoms with van der Waals surface area (Å²) in [5.74, 6) is 0.425. The summed E-state index contributed by atoms with van der Waals surface area (Å²) in [4.78, 5) is 14.3. The number of nitrogens with one attached hydrogen (secondary N) is 1. The normalized spacial score (nSPS) is 19.8. The number of carbonyl (C=O) groups is 1. The predicted octanol–water partition coefficient (Wildman–Crippen LogP) is 2.39. The van der Waals surface area contributed by atoms with Gasteiger partial charge >= 0.3 is 0 Å². The van der Waals surface area contributed by atoms with Gasteiger partial charge in [-0.1, -0.05) is 29.8 Å². The number of likely N-dealkylation sites (tertiary alicyclic amines) is 1. The zero-order chi connectivity index (χ0) is 14.4. The maximum Gasteiger partial charge on any atom is 0.224 e. The van der Waals surface area contributed by atoms with Crippen LogP contribution in [-0.2, 0) is 11.2 Å². The van der Waals surface area contributed by atoms with Crippen LogP contribution >= 0.6 is 0 Å². The van der Waals surface area contributed by atoms with Gasteiger partial charge in [0.1, 0.15) is 0 Å². The van der Waals surface area contributed by atoms with Gasteiger partial charge in [0.25, 0.3) is 0 Å². The lowest BCUT2D eigenvalue weighted by molar-refractivity contribution is -0.126. The monoisotopic (exact) mass is 274 g/mol. The standard InChI is InChI=1S/C17H26N2O/c1-14-6-3-7-15(12-14)8-4-10-18-17(20)16-9-5-11-19(2)13-16/h3,6-7,12,16H,4-5,8-11,13H2,1-2H3,(H,18,20)/t16-/m1/s1. The lowest BCUT2D eigenvalue weighted by Crippen LogP contribution is -2.41. The molecule has 20 heavy (non-hydrogen) atoms. The van der Waals surface area contributed by atoms with Crippen LogP contribution in [0.3, 0.4) is 0 Å². The number of rotatable bonds is 5. The van der Waals surface area contributed by atoms with Gasteiger partial charge in [0.2, 0.25) is 5.91 Å². The summed E-state index contributed by atoms with van der Waals surface area (Å²) in [6.07, 6.45) is 4.22. The van der Waals surface area contributed by atoms with Gasteiger partial charge < -0.3 is 10.2 Å². The molecule has 1 aliphatic heterocycles. The fourth-order valence-corrected chi connectivity index (χ4v) is 2.90. The van der Waals surface area contributed by atoms with Gasteiger partial charge in [-0.3, -0.25) is 4.79 Å². The zero-order valence-corrected chi connectivity index (χ0v) is 12.7. The first-order chi connectivity index (χ1) is 9.65. The molecule has 1 atom stereocenters. The fraction of sp³-hybridized carbons (Fsp3) is 0.588. The molecule has 1 heterocycles. The highest BCUT2D eigenvalue weighted by molar-refractivity contribution is 5.78. The van der Waals surface area contributed by atoms with E-state index >= 15 is 0 Å². The molecule has 0 radical (unpaired) electrons. The van der Waals surface area contributed by atoms with Crippen molar-refractivity contribution in [2.75, 3.05) is 26.7 Å². The molecule has 1 saturated heterocycles. The highest BCUT2D eigenvalue weighted by atomic mass is 16.1. The number of carbonyl (C=O) groups excluding carboxylic acids is 1. The van der Waals surface area contributed by atoms with E-state index in [-0.39, 0.29) is 11.8 Å². The van der Waals surface area contributed by atoms with E-state index in [1.54, 1.807) is 0 Å². The first kappa shape index (κ1) is 15.0. The molecule has 0 bridgehead atoms. The van der Waals surface area contributed by atoms with Gasteiger partial charge in [-0.25, -0.2) is 0 Å². The van der Waals surface area contributed by atoms with Crippen molar-refractivity contribution in [3.63, 3.8) is 0 Å². The maximum absolute atomic E-state index is 12.1. The van der Waals surface area contributed by atoms with Crippen LogP contribution in [0.15, 0.2) is 24.3 Å². The van der Waals surface area contributed by atoms with Crippen LogP contribution in [0, 0.1) is 12.8 Å². The van der Waals surface area contributed by atoms with E-state index in [1.165, 1.54) is 11.1 Å². The van der Waals surface area contributed by atoms with Crippen molar-refractivity contribution in [3.05, 3.63) is 35.4 Å². The quantitative estimate of drug-likeness (QED) is 0.836. The SMILES string of the molecule is Cc1cccc(CCCNC(=O)[C@@H]2CCCN(C)C2)c1. The Hall–Kier alpha value is -1.35. The van der Waals surface area contributed by atoms with Gasteiger partial charge in [-0.15, -0.1) is 0 Å². The average Bonchev–Trinajstić information content (AvgIpc) is 2.43. The van der Waals surface area contributed by atoms with Gasteiger partial charge in [0, 0.05) is 13.1 Å². The Kier molecular flexibility index (Phi) is 5.60. The molecule has 1 aromatic rings. The molecule has 3 heteroatoms. The second-order valence-corrected chi connectivity index (χ2v) is 5.99. The molecule has 0 spiro atoms. The summed E-state index contributed by atoms with van der Waals surface area (Å²) >= 11 is 0. The number of amides is 1. The Balaban J connectivity index is 1.66. The van der Waals surface area contributed by atoms with Crippen molar-refractivity contribution in [1.82, 2.24) is 10.2 Å².